The number of rotatable bonds is 9. The number of benzene rings is 2. The lowest BCUT2D eigenvalue weighted by Crippen LogP contribution is -2.23. The second kappa shape index (κ2) is 10.1. The Morgan fingerprint density at radius 3 is 2.62 bits per heavy atom. The molecule has 0 saturated heterocycles. The maximum Gasteiger partial charge on any atom is 0.253 e. The monoisotopic (exact) mass is 477 g/mol. The van der Waals surface area contributed by atoms with Gasteiger partial charge in [-0.3, -0.25) is 4.79 Å². The molecule has 2 aromatic heterocycles. The van der Waals surface area contributed by atoms with Gasteiger partial charge in [0, 0.05) is 25.1 Å². The summed E-state index contributed by atoms with van der Waals surface area (Å²) in [5.41, 5.74) is 2.72. The number of amides is 1. The number of hydrogen-bond donors (Lipinski definition) is 1. The van der Waals surface area contributed by atoms with Crippen LogP contribution in [-0.4, -0.2) is 30.3 Å². The minimum absolute atomic E-state index is 0.205. The second-order valence-electron chi connectivity index (χ2n) is 8.07. The number of aryl methyl sites for hydroxylation is 1. The highest BCUT2D eigenvalue weighted by Gasteiger charge is 2.20. The van der Waals surface area contributed by atoms with Crippen LogP contribution >= 0.6 is 0 Å². The van der Waals surface area contributed by atoms with Crippen LogP contribution in [-0.2, 0) is 16.4 Å². The molecule has 0 bridgehead atoms. The average Bonchev–Trinajstić information content (AvgIpc) is 3.31. The van der Waals surface area contributed by atoms with Crippen molar-refractivity contribution in [2.45, 2.75) is 43.0 Å². The van der Waals surface area contributed by atoms with E-state index in [1.54, 1.807) is 84.5 Å². The SMILES string of the molecule is CCCCOc1ccc(S(=O)(=O)c2ccc(CNC(=O)c3ccc4nccn4c3)cc2)c(C)c1. The van der Waals surface area contributed by atoms with Gasteiger partial charge in [-0.15, -0.1) is 0 Å². The van der Waals surface area contributed by atoms with Crippen LogP contribution in [0.4, 0.5) is 0 Å². The molecule has 1 amide bonds. The van der Waals surface area contributed by atoms with Crippen molar-refractivity contribution in [3.05, 3.63) is 89.9 Å². The molecule has 2 heterocycles. The molecule has 0 fully saturated rings. The summed E-state index contributed by atoms with van der Waals surface area (Å²) in [6.45, 7) is 4.75. The second-order valence-corrected chi connectivity index (χ2v) is 9.99. The summed E-state index contributed by atoms with van der Waals surface area (Å²) >= 11 is 0. The number of imidazole rings is 1. The third-order valence-electron chi connectivity index (χ3n) is 5.54. The summed E-state index contributed by atoms with van der Waals surface area (Å²) in [7, 11) is -3.67. The Labute approximate surface area is 199 Å². The molecule has 176 valence electrons. The molecular weight excluding hydrogens is 450 g/mol. The number of carbonyl (C=O) groups is 1. The first-order valence-corrected chi connectivity index (χ1v) is 12.6. The molecule has 1 N–H and O–H groups in total. The van der Waals surface area contributed by atoms with Crippen molar-refractivity contribution in [3.8, 4) is 5.75 Å². The molecule has 0 unspecified atom stereocenters. The summed E-state index contributed by atoms with van der Waals surface area (Å²) in [6.07, 6.45) is 7.15. The Bertz CT molecular complexity index is 1410. The first kappa shape index (κ1) is 23.5. The molecule has 0 atom stereocenters. The highest BCUT2D eigenvalue weighted by molar-refractivity contribution is 7.91. The van der Waals surface area contributed by atoms with E-state index >= 15 is 0 Å². The first-order valence-electron chi connectivity index (χ1n) is 11.2. The number of hydrogen-bond acceptors (Lipinski definition) is 5. The minimum Gasteiger partial charge on any atom is -0.494 e. The Hall–Kier alpha value is -3.65. The molecule has 0 spiro atoms. The summed E-state index contributed by atoms with van der Waals surface area (Å²) in [5.74, 6) is 0.451. The molecule has 0 saturated carbocycles. The quantitative estimate of drug-likeness (QED) is 0.356. The molecule has 2 aromatic carbocycles. The zero-order chi connectivity index (χ0) is 24.1. The predicted molar refractivity (Wildman–Crippen MR) is 130 cm³/mol. The zero-order valence-corrected chi connectivity index (χ0v) is 20.0. The minimum atomic E-state index is -3.67. The van der Waals surface area contributed by atoms with Crippen LogP contribution in [0.3, 0.4) is 0 Å². The Morgan fingerprint density at radius 1 is 1.09 bits per heavy atom. The highest BCUT2D eigenvalue weighted by Crippen LogP contribution is 2.27. The number of nitrogens with zero attached hydrogens (tertiary/aromatic N) is 2. The normalized spacial score (nSPS) is 11.5. The van der Waals surface area contributed by atoms with Crippen molar-refractivity contribution in [3.63, 3.8) is 0 Å². The van der Waals surface area contributed by atoms with Gasteiger partial charge in [-0.25, -0.2) is 13.4 Å². The van der Waals surface area contributed by atoms with Gasteiger partial charge in [0.1, 0.15) is 11.4 Å². The summed E-state index contributed by atoms with van der Waals surface area (Å²) < 4.78 is 33.8. The van der Waals surface area contributed by atoms with Crippen molar-refractivity contribution < 1.29 is 17.9 Å². The van der Waals surface area contributed by atoms with Gasteiger partial charge < -0.3 is 14.5 Å². The zero-order valence-electron chi connectivity index (χ0n) is 19.2. The number of sulfone groups is 1. The van der Waals surface area contributed by atoms with Crippen LogP contribution in [0.5, 0.6) is 5.75 Å². The molecule has 4 rings (SSSR count). The van der Waals surface area contributed by atoms with E-state index in [4.69, 9.17) is 4.74 Å². The third-order valence-corrected chi connectivity index (χ3v) is 7.47. The predicted octanol–water partition coefficient (Wildman–Crippen LogP) is 4.58. The Balaban J connectivity index is 1.42. The number of ether oxygens (including phenoxy) is 1. The lowest BCUT2D eigenvalue weighted by Gasteiger charge is -2.12. The molecule has 7 nitrogen and oxygen atoms in total. The van der Waals surface area contributed by atoms with E-state index in [0.717, 1.165) is 24.1 Å². The van der Waals surface area contributed by atoms with Crippen LogP contribution in [0, 0.1) is 6.92 Å². The van der Waals surface area contributed by atoms with Crippen molar-refractivity contribution in [1.29, 1.82) is 0 Å². The van der Waals surface area contributed by atoms with Crippen LogP contribution < -0.4 is 10.1 Å². The summed E-state index contributed by atoms with van der Waals surface area (Å²) in [5, 5.41) is 2.86. The van der Waals surface area contributed by atoms with E-state index in [1.165, 1.54) is 0 Å². The summed E-state index contributed by atoms with van der Waals surface area (Å²) in [4.78, 5) is 17.1. The number of pyridine rings is 1. The number of unbranched alkanes of at least 4 members (excludes halogenated alkanes) is 1. The Kier molecular flexibility index (Phi) is 6.98. The highest BCUT2D eigenvalue weighted by atomic mass is 32.2. The molecule has 0 radical (unpaired) electrons. The smallest absolute Gasteiger partial charge is 0.253 e. The van der Waals surface area contributed by atoms with Gasteiger partial charge in [0.2, 0.25) is 9.84 Å². The van der Waals surface area contributed by atoms with Gasteiger partial charge in [-0.1, -0.05) is 25.5 Å². The topological polar surface area (TPSA) is 89.8 Å². The number of nitrogens with one attached hydrogen (secondary N) is 1. The Morgan fingerprint density at radius 2 is 1.88 bits per heavy atom. The van der Waals surface area contributed by atoms with Gasteiger partial charge >= 0.3 is 0 Å². The molecule has 8 heteroatoms. The molecule has 0 aliphatic rings. The van der Waals surface area contributed by atoms with E-state index < -0.39 is 9.84 Å². The molecular formula is C26H27N3O4S. The third kappa shape index (κ3) is 5.12. The van der Waals surface area contributed by atoms with Crippen molar-refractivity contribution in [2.75, 3.05) is 6.61 Å². The van der Waals surface area contributed by atoms with Crippen molar-refractivity contribution >= 4 is 21.4 Å². The molecule has 0 aliphatic carbocycles. The fourth-order valence-electron chi connectivity index (χ4n) is 3.60. The maximum absolute atomic E-state index is 13.2. The average molecular weight is 478 g/mol. The van der Waals surface area contributed by atoms with Gasteiger partial charge in [-0.2, -0.15) is 0 Å². The maximum atomic E-state index is 13.2. The van der Waals surface area contributed by atoms with Gasteiger partial charge in [0.25, 0.3) is 5.91 Å². The van der Waals surface area contributed by atoms with Gasteiger partial charge in [-0.05, 0) is 66.9 Å². The number of aromatic nitrogens is 2. The van der Waals surface area contributed by atoms with Crippen molar-refractivity contribution in [2.24, 2.45) is 0 Å². The standard InChI is InChI=1S/C26H27N3O4S/c1-3-4-15-33-22-8-11-24(19(2)16-22)34(31,32)23-9-5-20(6-10-23)17-28-26(30)21-7-12-25-27-13-14-29(25)18-21/h5-14,16,18H,3-4,15,17H2,1-2H3,(H,28,30). The summed E-state index contributed by atoms with van der Waals surface area (Å²) in [6, 6.07) is 15.1. The van der Waals surface area contributed by atoms with Crippen LogP contribution in [0.25, 0.3) is 5.65 Å². The number of carbonyl (C=O) groups excluding carboxylic acids is 1. The number of fused-ring (bicyclic) bond motifs is 1. The fraction of sp³-hybridized carbons (Fsp3) is 0.231. The van der Waals surface area contributed by atoms with Crippen LogP contribution in [0.2, 0.25) is 0 Å². The lowest BCUT2D eigenvalue weighted by molar-refractivity contribution is 0.0950. The lowest BCUT2D eigenvalue weighted by atomic mass is 10.2. The van der Waals surface area contributed by atoms with E-state index in [0.29, 0.717) is 23.5 Å². The molecule has 0 aliphatic heterocycles. The largest absolute Gasteiger partial charge is 0.494 e. The van der Waals surface area contributed by atoms with E-state index in [2.05, 4.69) is 17.2 Å². The molecule has 4 aromatic rings. The van der Waals surface area contributed by atoms with E-state index in [-0.39, 0.29) is 22.2 Å². The van der Waals surface area contributed by atoms with Crippen LogP contribution in [0.1, 0.15) is 41.3 Å². The van der Waals surface area contributed by atoms with E-state index in [1.807, 2.05) is 0 Å². The van der Waals surface area contributed by atoms with Gasteiger partial charge in [0.15, 0.2) is 0 Å². The van der Waals surface area contributed by atoms with Crippen molar-refractivity contribution in [1.82, 2.24) is 14.7 Å². The fourth-order valence-corrected chi connectivity index (χ4v) is 5.08. The molecule has 34 heavy (non-hydrogen) atoms. The first-order chi connectivity index (χ1) is 16.4. The van der Waals surface area contributed by atoms with E-state index in [9.17, 15) is 13.2 Å². The van der Waals surface area contributed by atoms with Crippen LogP contribution in [0.15, 0.2) is 83.0 Å². The van der Waals surface area contributed by atoms with Gasteiger partial charge in [0.05, 0.1) is 22.0 Å².